The molecule has 26 heavy (non-hydrogen) atoms. The highest BCUT2D eigenvalue weighted by Gasteiger charge is 2.22. The Morgan fingerprint density at radius 3 is 2.27 bits per heavy atom. The van der Waals surface area contributed by atoms with Crippen LogP contribution in [0.5, 0.6) is 0 Å². The maximum atomic E-state index is 11.1. The van der Waals surface area contributed by atoms with Gasteiger partial charge in [0, 0.05) is 25.7 Å². The summed E-state index contributed by atoms with van der Waals surface area (Å²) in [6.07, 6.45) is 7.17. The van der Waals surface area contributed by atoms with E-state index in [1.807, 2.05) is 0 Å². The number of guanidine groups is 1. The summed E-state index contributed by atoms with van der Waals surface area (Å²) in [5.41, 5.74) is 0. The summed E-state index contributed by atoms with van der Waals surface area (Å²) >= 11 is 0. The number of likely N-dealkylation sites (tertiary alicyclic amines) is 1. The molecular formula is C18H39N5O2S. The van der Waals surface area contributed by atoms with Crippen LogP contribution >= 0.6 is 0 Å². The molecular weight excluding hydrogens is 350 g/mol. The molecule has 0 radical (unpaired) electrons. The minimum absolute atomic E-state index is 0.438. The number of aliphatic imine (C=N–C) groups is 1. The van der Waals surface area contributed by atoms with Gasteiger partial charge in [-0.3, -0.25) is 9.89 Å². The first-order valence-electron chi connectivity index (χ1n) is 10.0. The van der Waals surface area contributed by atoms with E-state index in [2.05, 4.69) is 41.0 Å². The molecule has 0 aromatic rings. The van der Waals surface area contributed by atoms with E-state index in [9.17, 15) is 8.42 Å². The van der Waals surface area contributed by atoms with E-state index < -0.39 is 10.0 Å². The monoisotopic (exact) mass is 389 g/mol. The third-order valence-electron chi connectivity index (χ3n) is 4.67. The molecule has 7 nitrogen and oxygen atoms in total. The first kappa shape index (κ1) is 23.2. The fraction of sp³-hybridized carbons (Fsp3) is 0.944. The molecule has 0 bridgehead atoms. The van der Waals surface area contributed by atoms with Gasteiger partial charge in [-0.1, -0.05) is 26.7 Å². The highest BCUT2D eigenvalue weighted by atomic mass is 32.2. The van der Waals surface area contributed by atoms with Crippen molar-refractivity contribution in [3.05, 3.63) is 0 Å². The summed E-state index contributed by atoms with van der Waals surface area (Å²) in [4.78, 5) is 7.41. The fourth-order valence-electron chi connectivity index (χ4n) is 3.25. The van der Waals surface area contributed by atoms with E-state index >= 15 is 0 Å². The van der Waals surface area contributed by atoms with Crippen molar-refractivity contribution in [3.8, 4) is 0 Å². The van der Waals surface area contributed by atoms with Gasteiger partial charge in [-0.05, 0) is 45.2 Å². The van der Waals surface area contributed by atoms with Crippen LogP contribution in [-0.2, 0) is 10.0 Å². The third-order valence-corrected chi connectivity index (χ3v) is 5.40. The van der Waals surface area contributed by atoms with Gasteiger partial charge in [0.2, 0.25) is 10.0 Å². The largest absolute Gasteiger partial charge is 0.357 e. The lowest BCUT2D eigenvalue weighted by molar-refractivity contribution is 0.166. The molecule has 0 aromatic heterocycles. The smallest absolute Gasteiger partial charge is 0.208 e. The first-order valence-corrected chi connectivity index (χ1v) is 11.9. The minimum Gasteiger partial charge on any atom is -0.357 e. The molecule has 1 unspecified atom stereocenters. The van der Waals surface area contributed by atoms with Crippen LogP contribution in [0.3, 0.4) is 0 Å². The van der Waals surface area contributed by atoms with Crippen LogP contribution < -0.4 is 15.4 Å². The van der Waals surface area contributed by atoms with Crippen LogP contribution in [0.15, 0.2) is 4.99 Å². The topological polar surface area (TPSA) is 85.8 Å². The number of nitrogens with one attached hydrogen (secondary N) is 3. The molecule has 1 saturated heterocycles. The second kappa shape index (κ2) is 12.5. The molecule has 1 fully saturated rings. The standard InChI is InChI=1S/C18H39N5O2S/c1-5-19-18(20-11-10-12-22-26(4,24)25)21-15-17(16(2)3)23-13-8-6-7-9-14-23/h16-17,22H,5-15H2,1-4H3,(H2,19,20,21). The van der Waals surface area contributed by atoms with Gasteiger partial charge in [0.25, 0.3) is 0 Å². The van der Waals surface area contributed by atoms with Crippen molar-refractivity contribution in [2.75, 3.05) is 45.5 Å². The average Bonchev–Trinajstić information content (AvgIpc) is 2.82. The van der Waals surface area contributed by atoms with Gasteiger partial charge in [-0.15, -0.1) is 0 Å². The lowest BCUT2D eigenvalue weighted by Gasteiger charge is -2.32. The van der Waals surface area contributed by atoms with Gasteiger partial charge >= 0.3 is 0 Å². The highest BCUT2D eigenvalue weighted by Crippen LogP contribution is 2.17. The third kappa shape index (κ3) is 10.3. The van der Waals surface area contributed by atoms with Crippen molar-refractivity contribution in [1.29, 1.82) is 0 Å². The molecule has 0 saturated carbocycles. The molecule has 1 aliphatic rings. The Balaban J connectivity index is 2.52. The van der Waals surface area contributed by atoms with Crippen LogP contribution in [0.4, 0.5) is 0 Å². The second-order valence-corrected chi connectivity index (χ2v) is 9.26. The van der Waals surface area contributed by atoms with Gasteiger partial charge < -0.3 is 10.6 Å². The maximum absolute atomic E-state index is 11.1. The number of hydrogen-bond donors (Lipinski definition) is 3. The predicted molar refractivity (Wildman–Crippen MR) is 110 cm³/mol. The normalized spacial score (nSPS) is 18.6. The average molecular weight is 390 g/mol. The van der Waals surface area contributed by atoms with Crippen LogP contribution in [0, 0.1) is 5.92 Å². The Bertz CT molecular complexity index is 500. The molecule has 0 aliphatic carbocycles. The maximum Gasteiger partial charge on any atom is 0.208 e. The second-order valence-electron chi connectivity index (χ2n) is 7.43. The summed E-state index contributed by atoms with van der Waals surface area (Å²) in [5.74, 6) is 1.38. The summed E-state index contributed by atoms with van der Waals surface area (Å²) in [6.45, 7) is 11.7. The van der Waals surface area contributed by atoms with Gasteiger partial charge in [0.1, 0.15) is 0 Å². The van der Waals surface area contributed by atoms with Gasteiger partial charge in [0.05, 0.1) is 12.8 Å². The van der Waals surface area contributed by atoms with E-state index in [0.717, 1.165) is 25.5 Å². The Morgan fingerprint density at radius 2 is 1.73 bits per heavy atom. The lowest BCUT2D eigenvalue weighted by atomic mass is 10.0. The molecule has 3 N–H and O–H groups in total. The van der Waals surface area contributed by atoms with Gasteiger partial charge in [0.15, 0.2) is 5.96 Å². The van der Waals surface area contributed by atoms with E-state index in [-0.39, 0.29) is 0 Å². The van der Waals surface area contributed by atoms with E-state index in [1.165, 1.54) is 45.0 Å². The van der Waals surface area contributed by atoms with Crippen LogP contribution in [0.1, 0.15) is 52.9 Å². The van der Waals surface area contributed by atoms with Crippen LogP contribution in [0.25, 0.3) is 0 Å². The van der Waals surface area contributed by atoms with Crippen molar-refractivity contribution in [1.82, 2.24) is 20.3 Å². The lowest BCUT2D eigenvalue weighted by Crippen LogP contribution is -2.44. The zero-order chi connectivity index (χ0) is 19.4. The Labute approximate surface area is 160 Å². The Morgan fingerprint density at radius 1 is 1.08 bits per heavy atom. The Kier molecular flexibility index (Phi) is 11.2. The predicted octanol–water partition coefficient (Wildman–Crippen LogP) is 1.38. The molecule has 0 aromatic carbocycles. The zero-order valence-electron chi connectivity index (χ0n) is 17.1. The molecule has 1 atom stereocenters. The minimum atomic E-state index is -3.11. The van der Waals surface area contributed by atoms with E-state index in [0.29, 0.717) is 25.0 Å². The van der Waals surface area contributed by atoms with E-state index in [4.69, 9.17) is 4.99 Å². The summed E-state index contributed by atoms with van der Waals surface area (Å²) < 4.78 is 24.7. The van der Waals surface area contributed by atoms with Crippen molar-refractivity contribution in [2.45, 2.75) is 58.9 Å². The molecule has 1 aliphatic heterocycles. The van der Waals surface area contributed by atoms with Crippen LogP contribution in [-0.4, -0.2) is 70.8 Å². The van der Waals surface area contributed by atoms with Crippen LogP contribution in [0.2, 0.25) is 0 Å². The fourth-order valence-corrected chi connectivity index (χ4v) is 3.77. The number of sulfonamides is 1. The van der Waals surface area contributed by atoms with Gasteiger partial charge in [-0.2, -0.15) is 0 Å². The molecule has 1 rings (SSSR count). The van der Waals surface area contributed by atoms with Crippen molar-refractivity contribution in [3.63, 3.8) is 0 Å². The molecule has 0 amide bonds. The number of hydrogen-bond acceptors (Lipinski definition) is 4. The van der Waals surface area contributed by atoms with E-state index in [1.54, 1.807) is 0 Å². The molecule has 0 spiro atoms. The number of rotatable bonds is 10. The summed E-state index contributed by atoms with van der Waals surface area (Å²) in [6, 6.07) is 0.468. The van der Waals surface area contributed by atoms with Crippen molar-refractivity contribution < 1.29 is 8.42 Å². The zero-order valence-corrected chi connectivity index (χ0v) is 17.9. The molecule has 8 heteroatoms. The number of nitrogens with zero attached hydrogens (tertiary/aromatic N) is 2. The summed E-state index contributed by atoms with van der Waals surface area (Å²) in [7, 11) is -3.11. The molecule has 154 valence electrons. The summed E-state index contributed by atoms with van der Waals surface area (Å²) in [5, 5.41) is 6.58. The Hall–Kier alpha value is -0.860. The quantitative estimate of drug-likeness (QED) is 0.299. The van der Waals surface area contributed by atoms with Crippen molar-refractivity contribution >= 4 is 16.0 Å². The molecule has 1 heterocycles. The van der Waals surface area contributed by atoms with Crippen molar-refractivity contribution in [2.24, 2.45) is 10.9 Å². The SMILES string of the molecule is CCNC(=NCC(C(C)C)N1CCCCCC1)NCCCNS(C)(=O)=O. The highest BCUT2D eigenvalue weighted by molar-refractivity contribution is 7.88. The van der Waals surface area contributed by atoms with Gasteiger partial charge in [-0.25, -0.2) is 13.1 Å². The first-order chi connectivity index (χ1) is 12.3.